The molecule has 0 radical (unpaired) electrons. The third-order valence-corrected chi connectivity index (χ3v) is 1.52. The maximum absolute atomic E-state index is 10.1. The maximum Gasteiger partial charge on any atom is 0.313 e. The highest BCUT2D eigenvalue weighted by atomic mass is 16.7. The molecule has 0 aromatic carbocycles. The highest BCUT2D eigenvalue weighted by Gasteiger charge is 2.20. The van der Waals surface area contributed by atoms with E-state index in [1.54, 1.807) is 0 Å². The third-order valence-electron chi connectivity index (χ3n) is 1.52. The highest BCUT2D eigenvalue weighted by Crippen LogP contribution is 1.93. The summed E-state index contributed by atoms with van der Waals surface area (Å²) in [6.07, 6.45) is 1.76. The minimum Gasteiger partial charge on any atom is -0.356 e. The fourth-order valence-corrected chi connectivity index (χ4v) is 0.855. The van der Waals surface area contributed by atoms with E-state index >= 15 is 0 Å². The Bertz CT molecular complexity index is 217. The highest BCUT2D eigenvalue weighted by molar-refractivity contribution is 6.37. The van der Waals surface area contributed by atoms with Crippen LogP contribution in [0.25, 0.3) is 0 Å². The molecule has 0 bridgehead atoms. The summed E-state index contributed by atoms with van der Waals surface area (Å²) in [6, 6.07) is 0. The molecule has 2 amide bonds. The van der Waals surface area contributed by atoms with Gasteiger partial charge in [0.15, 0.2) is 0 Å². The van der Waals surface area contributed by atoms with Crippen molar-refractivity contribution in [3.05, 3.63) is 0 Å². The van der Waals surface area contributed by atoms with Gasteiger partial charge in [0, 0.05) is 13.0 Å². The predicted molar refractivity (Wildman–Crippen MR) is 41.3 cm³/mol. The van der Waals surface area contributed by atoms with Gasteiger partial charge in [0.2, 0.25) is 11.7 Å². The topological polar surface area (TPSA) is 84.5 Å². The Morgan fingerprint density at radius 1 is 1.23 bits per heavy atom. The molecule has 2 N–H and O–H groups in total. The maximum atomic E-state index is 10.1. The number of carbonyl (C=O) groups excluding carboxylic acids is 3. The van der Waals surface area contributed by atoms with E-state index in [2.05, 4.69) is 10.2 Å². The summed E-state index contributed by atoms with van der Waals surface area (Å²) in [5, 5.41) is 2.68. The zero-order chi connectivity index (χ0) is 9.68. The lowest BCUT2D eigenvalue weighted by molar-refractivity contribution is -0.135. The SMILES string of the molecule is O=C1CCCN1.O=C1CONC1=O. The Kier molecular flexibility index (Phi) is 3.39. The molecule has 0 aromatic rings. The molecule has 0 atom stereocenters. The van der Waals surface area contributed by atoms with Gasteiger partial charge in [-0.3, -0.25) is 19.2 Å². The minimum absolute atomic E-state index is 0.126. The second kappa shape index (κ2) is 4.56. The molecule has 2 heterocycles. The molecule has 2 aliphatic rings. The van der Waals surface area contributed by atoms with E-state index < -0.39 is 11.7 Å². The van der Waals surface area contributed by atoms with E-state index in [0.29, 0.717) is 0 Å². The van der Waals surface area contributed by atoms with Crippen LogP contribution in [0.2, 0.25) is 0 Å². The van der Waals surface area contributed by atoms with Gasteiger partial charge in [-0.05, 0) is 6.42 Å². The zero-order valence-corrected chi connectivity index (χ0v) is 6.96. The fourth-order valence-electron chi connectivity index (χ4n) is 0.855. The Morgan fingerprint density at radius 3 is 2.15 bits per heavy atom. The van der Waals surface area contributed by atoms with Gasteiger partial charge in [0.05, 0.1) is 0 Å². The van der Waals surface area contributed by atoms with Crippen LogP contribution in [0.15, 0.2) is 0 Å². The summed E-state index contributed by atoms with van der Waals surface area (Å²) in [5.74, 6) is -0.963. The van der Waals surface area contributed by atoms with Crippen LogP contribution < -0.4 is 10.8 Å². The minimum atomic E-state index is -0.653. The monoisotopic (exact) mass is 186 g/mol. The molecule has 2 aliphatic heterocycles. The van der Waals surface area contributed by atoms with Gasteiger partial charge in [-0.25, -0.2) is 5.48 Å². The van der Waals surface area contributed by atoms with Crippen molar-refractivity contribution in [1.29, 1.82) is 0 Å². The third kappa shape index (κ3) is 3.20. The first kappa shape index (κ1) is 9.66. The lowest BCUT2D eigenvalue weighted by Gasteiger charge is -1.80. The van der Waals surface area contributed by atoms with E-state index in [4.69, 9.17) is 0 Å². The number of rotatable bonds is 0. The van der Waals surface area contributed by atoms with Gasteiger partial charge < -0.3 is 5.32 Å². The first-order chi connectivity index (χ1) is 6.20. The molecule has 2 fully saturated rings. The molecule has 13 heavy (non-hydrogen) atoms. The van der Waals surface area contributed by atoms with Gasteiger partial charge >= 0.3 is 5.91 Å². The molecule has 6 heteroatoms. The van der Waals surface area contributed by atoms with Crippen molar-refractivity contribution in [1.82, 2.24) is 10.8 Å². The van der Waals surface area contributed by atoms with Crippen molar-refractivity contribution in [3.8, 4) is 0 Å². The standard InChI is InChI=1S/C4H7NO.C3H3NO3/c6-4-2-1-3-5-4;5-2-1-7-4-3(2)6/h1-3H2,(H,5,6);1H2,(H,4,6). The Hall–Kier alpha value is -1.43. The Balaban J connectivity index is 0.000000132. The summed E-state index contributed by atoms with van der Waals surface area (Å²) in [6.45, 7) is 0.762. The fraction of sp³-hybridized carbons (Fsp3) is 0.571. The first-order valence-corrected chi connectivity index (χ1v) is 3.92. The number of hydrogen-bond acceptors (Lipinski definition) is 4. The van der Waals surface area contributed by atoms with Crippen LogP contribution in [0.4, 0.5) is 0 Å². The van der Waals surface area contributed by atoms with Crippen LogP contribution in [-0.4, -0.2) is 30.7 Å². The summed E-state index contributed by atoms with van der Waals surface area (Å²) >= 11 is 0. The molecule has 0 saturated carbocycles. The predicted octanol–water partition coefficient (Wildman–Crippen LogP) is -1.49. The molecular formula is C7H10N2O4. The Morgan fingerprint density at radius 2 is 2.00 bits per heavy atom. The van der Waals surface area contributed by atoms with Gasteiger partial charge in [-0.1, -0.05) is 0 Å². The second-order valence-electron chi connectivity index (χ2n) is 2.60. The van der Waals surface area contributed by atoms with Crippen LogP contribution in [0.3, 0.4) is 0 Å². The van der Waals surface area contributed by atoms with Crippen molar-refractivity contribution < 1.29 is 19.2 Å². The largest absolute Gasteiger partial charge is 0.356 e. The average molecular weight is 186 g/mol. The van der Waals surface area contributed by atoms with Crippen LogP contribution in [0.1, 0.15) is 12.8 Å². The molecule has 0 spiro atoms. The van der Waals surface area contributed by atoms with Crippen LogP contribution in [-0.2, 0) is 19.2 Å². The number of hydrogen-bond donors (Lipinski definition) is 2. The van der Waals surface area contributed by atoms with E-state index in [9.17, 15) is 14.4 Å². The van der Waals surface area contributed by atoms with E-state index in [1.807, 2.05) is 5.48 Å². The quantitative estimate of drug-likeness (QED) is 0.451. The van der Waals surface area contributed by atoms with Crippen molar-refractivity contribution in [3.63, 3.8) is 0 Å². The van der Waals surface area contributed by atoms with Crippen molar-refractivity contribution in [2.24, 2.45) is 0 Å². The molecule has 2 saturated heterocycles. The van der Waals surface area contributed by atoms with E-state index in [0.717, 1.165) is 19.4 Å². The number of amides is 2. The summed E-state index contributed by atoms with van der Waals surface area (Å²) < 4.78 is 0. The number of Topliss-reactive ketones (excluding diaryl/α,β-unsaturated/α-hetero) is 1. The molecule has 2 rings (SSSR count). The van der Waals surface area contributed by atoms with Crippen LogP contribution >= 0.6 is 0 Å². The van der Waals surface area contributed by atoms with Crippen molar-refractivity contribution in [2.45, 2.75) is 12.8 Å². The first-order valence-electron chi connectivity index (χ1n) is 3.92. The van der Waals surface area contributed by atoms with E-state index in [-0.39, 0.29) is 12.5 Å². The van der Waals surface area contributed by atoms with Crippen molar-refractivity contribution in [2.75, 3.05) is 13.2 Å². The summed E-state index contributed by atoms with van der Waals surface area (Å²) in [4.78, 5) is 34.4. The molecular weight excluding hydrogens is 176 g/mol. The Labute approximate surface area is 74.6 Å². The number of carbonyl (C=O) groups is 3. The van der Waals surface area contributed by atoms with Crippen molar-refractivity contribution >= 4 is 17.6 Å². The van der Waals surface area contributed by atoms with E-state index in [1.165, 1.54) is 0 Å². The lowest BCUT2D eigenvalue weighted by atomic mass is 10.4. The summed E-state index contributed by atoms with van der Waals surface area (Å²) in [5.41, 5.74) is 1.88. The molecule has 6 nitrogen and oxygen atoms in total. The van der Waals surface area contributed by atoms with Gasteiger partial charge in [0.25, 0.3) is 0 Å². The zero-order valence-electron chi connectivity index (χ0n) is 6.96. The van der Waals surface area contributed by atoms with Gasteiger partial charge in [-0.15, -0.1) is 0 Å². The van der Waals surface area contributed by atoms with Crippen LogP contribution in [0.5, 0.6) is 0 Å². The normalized spacial score (nSPS) is 20.5. The van der Waals surface area contributed by atoms with Crippen LogP contribution in [0, 0.1) is 0 Å². The van der Waals surface area contributed by atoms with Gasteiger partial charge in [-0.2, -0.15) is 0 Å². The number of ketones is 1. The number of hydroxylamine groups is 1. The molecule has 0 unspecified atom stereocenters. The summed E-state index contributed by atoms with van der Waals surface area (Å²) in [7, 11) is 0. The second-order valence-corrected chi connectivity index (χ2v) is 2.60. The lowest BCUT2D eigenvalue weighted by Crippen LogP contribution is -2.17. The number of nitrogens with one attached hydrogen (secondary N) is 2. The molecule has 72 valence electrons. The average Bonchev–Trinajstić information content (AvgIpc) is 2.67. The molecule has 0 aromatic heterocycles. The smallest absolute Gasteiger partial charge is 0.313 e. The van der Waals surface area contributed by atoms with Gasteiger partial charge in [0.1, 0.15) is 6.61 Å². The molecule has 0 aliphatic carbocycles.